The Bertz CT molecular complexity index is 658. The van der Waals surface area contributed by atoms with Crippen molar-refractivity contribution < 1.29 is 22.7 Å². The van der Waals surface area contributed by atoms with Gasteiger partial charge in [-0.25, -0.2) is 0 Å². The number of rotatable bonds is 3. The minimum absolute atomic E-state index is 0.177. The molecule has 0 fully saturated rings. The lowest BCUT2D eigenvalue weighted by Crippen LogP contribution is -2.04. The Hall–Kier alpha value is -2.30. The van der Waals surface area contributed by atoms with Gasteiger partial charge in [0, 0.05) is 5.56 Å². The van der Waals surface area contributed by atoms with Crippen molar-refractivity contribution in [1.82, 2.24) is 0 Å². The van der Waals surface area contributed by atoms with Crippen LogP contribution in [0.3, 0.4) is 0 Å². The maximum atomic E-state index is 12.6. The highest BCUT2D eigenvalue weighted by Crippen LogP contribution is 2.32. The highest BCUT2D eigenvalue weighted by molar-refractivity contribution is 6.01. The van der Waals surface area contributed by atoms with Crippen LogP contribution < -0.4 is 4.74 Å². The fourth-order valence-corrected chi connectivity index (χ4v) is 2.03. The monoisotopic (exact) mass is 294 g/mol. The average molecular weight is 294 g/mol. The molecule has 0 heterocycles. The van der Waals surface area contributed by atoms with Gasteiger partial charge in [0.15, 0.2) is 5.78 Å². The standard InChI is InChI=1S/C16H13F3O2/c1-10(20)15-9-13(21-2)7-8-14(15)11-3-5-12(6-4-11)16(17,18)19/h3-9H,1-2H3. The fraction of sp³-hybridized carbons (Fsp3) is 0.188. The molecule has 110 valence electrons. The van der Waals surface area contributed by atoms with Crippen molar-refractivity contribution in [2.24, 2.45) is 0 Å². The molecule has 0 amide bonds. The predicted octanol–water partition coefficient (Wildman–Crippen LogP) is 4.58. The third-order valence-corrected chi connectivity index (χ3v) is 3.13. The van der Waals surface area contributed by atoms with Gasteiger partial charge in [0.25, 0.3) is 0 Å². The second-order valence-electron chi connectivity index (χ2n) is 4.54. The van der Waals surface area contributed by atoms with Gasteiger partial charge in [-0.3, -0.25) is 4.79 Å². The number of ether oxygens (including phenoxy) is 1. The summed E-state index contributed by atoms with van der Waals surface area (Å²) in [6.45, 7) is 1.41. The number of halogens is 3. The van der Waals surface area contributed by atoms with E-state index in [0.29, 0.717) is 22.4 Å². The van der Waals surface area contributed by atoms with E-state index in [1.807, 2.05) is 0 Å². The average Bonchev–Trinajstić information content (AvgIpc) is 2.45. The lowest BCUT2D eigenvalue weighted by Gasteiger charge is -2.11. The van der Waals surface area contributed by atoms with E-state index in [-0.39, 0.29) is 5.78 Å². The number of alkyl halides is 3. The van der Waals surface area contributed by atoms with Crippen molar-refractivity contribution in [3.8, 4) is 16.9 Å². The number of carbonyl (C=O) groups is 1. The van der Waals surface area contributed by atoms with Crippen molar-refractivity contribution in [3.63, 3.8) is 0 Å². The van der Waals surface area contributed by atoms with Crippen LogP contribution in [0, 0.1) is 0 Å². The number of ketones is 1. The molecule has 0 atom stereocenters. The van der Waals surface area contributed by atoms with Gasteiger partial charge in [0.2, 0.25) is 0 Å². The zero-order chi connectivity index (χ0) is 15.6. The lowest BCUT2D eigenvalue weighted by molar-refractivity contribution is -0.137. The third kappa shape index (κ3) is 3.24. The molecule has 0 aliphatic carbocycles. The smallest absolute Gasteiger partial charge is 0.416 e. The van der Waals surface area contributed by atoms with Crippen LogP contribution in [0.2, 0.25) is 0 Å². The van der Waals surface area contributed by atoms with E-state index in [1.165, 1.54) is 26.2 Å². The van der Waals surface area contributed by atoms with Gasteiger partial charge in [-0.2, -0.15) is 13.2 Å². The van der Waals surface area contributed by atoms with Crippen LogP contribution in [0.15, 0.2) is 42.5 Å². The molecule has 0 radical (unpaired) electrons. The van der Waals surface area contributed by atoms with Crippen LogP contribution >= 0.6 is 0 Å². The molecule has 2 aromatic rings. The molecule has 0 saturated heterocycles. The van der Waals surface area contributed by atoms with Crippen LogP contribution in [-0.4, -0.2) is 12.9 Å². The van der Waals surface area contributed by atoms with E-state index in [1.54, 1.807) is 18.2 Å². The summed E-state index contributed by atoms with van der Waals surface area (Å²) in [6.07, 6.45) is -4.37. The molecule has 2 nitrogen and oxygen atoms in total. The summed E-state index contributed by atoms with van der Waals surface area (Å²) < 4.78 is 42.7. The van der Waals surface area contributed by atoms with Gasteiger partial charge in [-0.15, -0.1) is 0 Å². The lowest BCUT2D eigenvalue weighted by atomic mass is 9.96. The molecule has 0 N–H and O–H groups in total. The molecule has 0 saturated carbocycles. The molecular weight excluding hydrogens is 281 g/mol. The molecular formula is C16H13F3O2. The molecule has 0 unspecified atom stereocenters. The molecule has 0 aliphatic rings. The second kappa shape index (κ2) is 5.60. The van der Waals surface area contributed by atoms with Crippen LogP contribution in [0.4, 0.5) is 13.2 Å². The van der Waals surface area contributed by atoms with Crippen molar-refractivity contribution in [2.75, 3.05) is 7.11 Å². The topological polar surface area (TPSA) is 26.3 Å². The first-order chi connectivity index (χ1) is 9.82. The molecule has 2 rings (SSSR count). The van der Waals surface area contributed by atoms with Crippen LogP contribution in [0.5, 0.6) is 5.75 Å². The highest BCUT2D eigenvalue weighted by atomic mass is 19.4. The van der Waals surface area contributed by atoms with E-state index in [0.717, 1.165) is 12.1 Å². The Labute approximate surface area is 120 Å². The van der Waals surface area contributed by atoms with Crippen LogP contribution in [-0.2, 0) is 6.18 Å². The Kier molecular flexibility index (Phi) is 4.02. The van der Waals surface area contributed by atoms with Gasteiger partial charge in [-0.05, 0) is 48.4 Å². The number of hydrogen-bond donors (Lipinski definition) is 0. The van der Waals surface area contributed by atoms with E-state index in [4.69, 9.17) is 4.74 Å². The molecule has 5 heteroatoms. The second-order valence-corrected chi connectivity index (χ2v) is 4.54. The Morgan fingerprint density at radius 3 is 2.14 bits per heavy atom. The first-order valence-corrected chi connectivity index (χ1v) is 6.19. The first kappa shape index (κ1) is 15.1. The maximum Gasteiger partial charge on any atom is 0.416 e. The van der Waals surface area contributed by atoms with Crippen LogP contribution in [0.25, 0.3) is 11.1 Å². The minimum atomic E-state index is -4.37. The SMILES string of the molecule is COc1ccc(-c2ccc(C(F)(F)F)cc2)c(C(C)=O)c1. The number of Topliss-reactive ketones (excluding diaryl/α,β-unsaturated/α-hetero) is 1. The molecule has 2 aromatic carbocycles. The van der Waals surface area contributed by atoms with Gasteiger partial charge in [-0.1, -0.05) is 12.1 Å². The molecule has 0 aromatic heterocycles. The summed E-state index contributed by atoms with van der Waals surface area (Å²) in [5.74, 6) is 0.347. The Morgan fingerprint density at radius 2 is 1.67 bits per heavy atom. The molecule has 0 bridgehead atoms. The number of methoxy groups -OCH3 is 1. The number of carbonyl (C=O) groups excluding carboxylic acids is 1. The summed E-state index contributed by atoms with van der Waals surface area (Å²) in [7, 11) is 1.48. The van der Waals surface area contributed by atoms with E-state index >= 15 is 0 Å². The Balaban J connectivity index is 2.49. The number of hydrogen-bond acceptors (Lipinski definition) is 2. The summed E-state index contributed by atoms with van der Waals surface area (Å²) in [4.78, 5) is 11.7. The fourth-order valence-electron chi connectivity index (χ4n) is 2.03. The molecule has 21 heavy (non-hydrogen) atoms. The van der Waals surface area contributed by atoms with Crippen molar-refractivity contribution in [3.05, 3.63) is 53.6 Å². The van der Waals surface area contributed by atoms with Crippen molar-refractivity contribution in [2.45, 2.75) is 13.1 Å². The van der Waals surface area contributed by atoms with Crippen molar-refractivity contribution >= 4 is 5.78 Å². The summed E-state index contributed by atoms with van der Waals surface area (Å²) >= 11 is 0. The largest absolute Gasteiger partial charge is 0.497 e. The van der Waals surface area contributed by atoms with E-state index in [9.17, 15) is 18.0 Å². The number of benzene rings is 2. The van der Waals surface area contributed by atoms with E-state index in [2.05, 4.69) is 0 Å². The highest BCUT2D eigenvalue weighted by Gasteiger charge is 2.30. The predicted molar refractivity (Wildman–Crippen MR) is 73.4 cm³/mol. The van der Waals surface area contributed by atoms with Gasteiger partial charge < -0.3 is 4.74 Å². The van der Waals surface area contributed by atoms with Gasteiger partial charge in [0.05, 0.1) is 12.7 Å². The normalized spacial score (nSPS) is 11.3. The third-order valence-electron chi connectivity index (χ3n) is 3.13. The maximum absolute atomic E-state index is 12.6. The summed E-state index contributed by atoms with van der Waals surface area (Å²) in [6, 6.07) is 9.63. The van der Waals surface area contributed by atoms with E-state index < -0.39 is 11.7 Å². The molecule has 0 aliphatic heterocycles. The van der Waals surface area contributed by atoms with Gasteiger partial charge >= 0.3 is 6.18 Å². The van der Waals surface area contributed by atoms with Crippen molar-refractivity contribution in [1.29, 1.82) is 0 Å². The molecule has 0 spiro atoms. The first-order valence-electron chi connectivity index (χ1n) is 6.19. The van der Waals surface area contributed by atoms with Crippen LogP contribution in [0.1, 0.15) is 22.8 Å². The minimum Gasteiger partial charge on any atom is -0.497 e. The Morgan fingerprint density at radius 1 is 1.05 bits per heavy atom. The summed E-state index contributed by atoms with van der Waals surface area (Å²) in [5, 5.41) is 0. The van der Waals surface area contributed by atoms with Gasteiger partial charge in [0.1, 0.15) is 5.75 Å². The quantitative estimate of drug-likeness (QED) is 0.774. The summed E-state index contributed by atoms with van der Waals surface area (Å²) in [5.41, 5.74) is 0.825. The zero-order valence-electron chi connectivity index (χ0n) is 11.5. The zero-order valence-corrected chi connectivity index (χ0v) is 11.5.